The standard InChI is InChI=1S/C5H5N2O/c1-7-3-2-6-4-5(7)8/h2,4H,1H3. The maximum absolute atomic E-state index is 10.5. The third kappa shape index (κ3) is 0.753. The van der Waals surface area contributed by atoms with Crippen molar-refractivity contribution in [3.63, 3.8) is 0 Å². The van der Waals surface area contributed by atoms with E-state index < -0.39 is 0 Å². The number of nitrogens with zero attached hydrogens (tertiary/aromatic N) is 2. The fraction of sp³-hybridized carbons (Fsp3) is 0.200. The second kappa shape index (κ2) is 1.78. The van der Waals surface area contributed by atoms with E-state index in [2.05, 4.69) is 11.2 Å². The summed E-state index contributed by atoms with van der Waals surface area (Å²) in [7, 11) is 1.63. The first kappa shape index (κ1) is 5.03. The van der Waals surface area contributed by atoms with Crippen LogP contribution in [0.1, 0.15) is 0 Å². The molecule has 0 N–H and O–H groups in total. The van der Waals surface area contributed by atoms with Gasteiger partial charge in [-0.25, -0.2) is 0 Å². The first-order chi connectivity index (χ1) is 3.80. The van der Waals surface area contributed by atoms with Gasteiger partial charge in [0.2, 0.25) is 0 Å². The maximum atomic E-state index is 10.5. The van der Waals surface area contributed by atoms with E-state index in [4.69, 9.17) is 0 Å². The van der Waals surface area contributed by atoms with Crippen molar-refractivity contribution >= 4 is 0 Å². The molecule has 1 aromatic heterocycles. The minimum absolute atomic E-state index is 0.132. The highest BCUT2D eigenvalue weighted by Crippen LogP contribution is 1.64. The molecule has 3 heteroatoms. The van der Waals surface area contributed by atoms with Crippen LogP contribution in [0.15, 0.2) is 17.2 Å². The highest BCUT2D eigenvalue weighted by molar-refractivity contribution is 4.75. The van der Waals surface area contributed by atoms with Gasteiger partial charge < -0.3 is 4.57 Å². The van der Waals surface area contributed by atoms with Gasteiger partial charge in [-0.3, -0.25) is 9.78 Å². The van der Waals surface area contributed by atoms with Crippen molar-refractivity contribution < 1.29 is 0 Å². The first-order valence-corrected chi connectivity index (χ1v) is 2.19. The lowest BCUT2D eigenvalue weighted by Gasteiger charge is -1.87. The summed E-state index contributed by atoms with van der Waals surface area (Å²) in [6, 6.07) is 0. The zero-order valence-corrected chi connectivity index (χ0v) is 4.46. The fourth-order valence-corrected chi connectivity index (χ4v) is 0.371. The molecule has 0 unspecified atom stereocenters. The van der Waals surface area contributed by atoms with E-state index in [9.17, 15) is 4.79 Å². The van der Waals surface area contributed by atoms with Crippen molar-refractivity contribution in [2.75, 3.05) is 0 Å². The Bertz CT molecular complexity index is 228. The number of aryl methyl sites for hydroxylation is 1. The molecule has 1 radical (unpaired) electrons. The molecule has 0 aliphatic rings. The predicted octanol–water partition coefficient (Wildman–Crippen LogP) is -0.420. The molecule has 0 aromatic carbocycles. The van der Waals surface area contributed by atoms with Crippen LogP contribution in [0.5, 0.6) is 0 Å². The molecular weight excluding hydrogens is 104 g/mol. The first-order valence-electron chi connectivity index (χ1n) is 2.19. The van der Waals surface area contributed by atoms with Gasteiger partial charge in [-0.1, -0.05) is 0 Å². The van der Waals surface area contributed by atoms with Crippen LogP contribution in [0.4, 0.5) is 0 Å². The minimum Gasteiger partial charge on any atom is -0.307 e. The molecule has 0 saturated carbocycles. The molecular formula is C5H5N2O. The highest BCUT2D eigenvalue weighted by atomic mass is 16.1. The molecule has 0 bridgehead atoms. The Kier molecular flexibility index (Phi) is 1.12. The van der Waals surface area contributed by atoms with E-state index in [-0.39, 0.29) is 5.56 Å². The van der Waals surface area contributed by atoms with Crippen molar-refractivity contribution in [1.29, 1.82) is 0 Å². The third-order valence-corrected chi connectivity index (χ3v) is 0.841. The quantitative estimate of drug-likeness (QED) is 0.453. The number of hydrogen-bond acceptors (Lipinski definition) is 2. The average Bonchev–Trinajstić information content (AvgIpc) is 1.77. The molecule has 0 aliphatic heterocycles. The Morgan fingerprint density at radius 2 is 2.62 bits per heavy atom. The van der Waals surface area contributed by atoms with Gasteiger partial charge in [0.1, 0.15) is 0 Å². The Balaban J connectivity index is 3.35. The normalized spacial score (nSPS) is 9.12. The summed E-state index contributed by atoms with van der Waals surface area (Å²) in [5.41, 5.74) is -0.132. The van der Waals surface area contributed by atoms with Crippen molar-refractivity contribution in [2.45, 2.75) is 0 Å². The molecule has 1 rings (SSSR count). The van der Waals surface area contributed by atoms with Crippen LogP contribution < -0.4 is 5.56 Å². The lowest BCUT2D eigenvalue weighted by Crippen LogP contribution is -2.14. The van der Waals surface area contributed by atoms with Gasteiger partial charge in [0, 0.05) is 7.05 Å². The van der Waals surface area contributed by atoms with Crippen molar-refractivity contribution in [3.8, 4) is 0 Å². The molecule has 0 aliphatic carbocycles. The predicted molar refractivity (Wildman–Crippen MR) is 28.3 cm³/mol. The van der Waals surface area contributed by atoms with Gasteiger partial charge in [0.15, 0.2) is 0 Å². The Labute approximate surface area is 46.6 Å². The third-order valence-electron chi connectivity index (χ3n) is 0.841. The molecule has 1 aromatic rings. The summed E-state index contributed by atoms with van der Waals surface area (Å²) in [6.07, 6.45) is 5.28. The summed E-state index contributed by atoms with van der Waals surface area (Å²) in [6.45, 7) is 0. The van der Waals surface area contributed by atoms with Crippen LogP contribution in [0.3, 0.4) is 0 Å². The van der Waals surface area contributed by atoms with Gasteiger partial charge >= 0.3 is 0 Å². The number of aromatic nitrogens is 2. The number of rotatable bonds is 0. The Hall–Kier alpha value is -1.12. The van der Waals surface area contributed by atoms with E-state index in [1.54, 1.807) is 7.05 Å². The number of hydrogen-bond donors (Lipinski definition) is 0. The molecule has 0 spiro atoms. The van der Waals surface area contributed by atoms with Crippen molar-refractivity contribution in [1.82, 2.24) is 9.55 Å². The van der Waals surface area contributed by atoms with Gasteiger partial charge in [0.05, 0.1) is 18.6 Å². The molecule has 1 heterocycles. The monoisotopic (exact) mass is 109 g/mol. The van der Waals surface area contributed by atoms with E-state index in [1.807, 2.05) is 0 Å². The zero-order valence-electron chi connectivity index (χ0n) is 4.46. The van der Waals surface area contributed by atoms with E-state index >= 15 is 0 Å². The molecule has 0 saturated heterocycles. The van der Waals surface area contributed by atoms with Crippen LogP contribution in [0, 0.1) is 6.20 Å². The summed E-state index contributed by atoms with van der Waals surface area (Å²) in [4.78, 5) is 14.0. The fourth-order valence-electron chi connectivity index (χ4n) is 0.371. The topological polar surface area (TPSA) is 34.9 Å². The van der Waals surface area contributed by atoms with E-state index in [1.165, 1.54) is 17.0 Å². The molecule has 0 fully saturated rings. The maximum Gasteiger partial charge on any atom is 0.269 e. The molecule has 8 heavy (non-hydrogen) atoms. The summed E-state index contributed by atoms with van der Waals surface area (Å²) in [5.74, 6) is 0. The molecule has 0 amide bonds. The van der Waals surface area contributed by atoms with Crippen LogP contribution in [-0.2, 0) is 7.05 Å². The zero-order chi connectivity index (χ0) is 5.98. The second-order valence-electron chi connectivity index (χ2n) is 1.43. The van der Waals surface area contributed by atoms with Crippen LogP contribution in [-0.4, -0.2) is 9.55 Å². The largest absolute Gasteiger partial charge is 0.307 e. The second-order valence-corrected chi connectivity index (χ2v) is 1.43. The minimum atomic E-state index is -0.132. The van der Waals surface area contributed by atoms with Crippen molar-refractivity contribution in [3.05, 3.63) is 28.9 Å². The summed E-state index contributed by atoms with van der Waals surface area (Å²) in [5, 5.41) is 0. The summed E-state index contributed by atoms with van der Waals surface area (Å²) < 4.78 is 1.34. The van der Waals surface area contributed by atoms with Gasteiger partial charge in [0.25, 0.3) is 5.56 Å². The Morgan fingerprint density at radius 1 is 1.88 bits per heavy atom. The van der Waals surface area contributed by atoms with Crippen LogP contribution in [0.25, 0.3) is 0 Å². The highest BCUT2D eigenvalue weighted by Gasteiger charge is 1.81. The lowest BCUT2D eigenvalue weighted by molar-refractivity contribution is 0.832. The Morgan fingerprint density at radius 3 is 3.00 bits per heavy atom. The van der Waals surface area contributed by atoms with Gasteiger partial charge in [-0.15, -0.1) is 0 Å². The van der Waals surface area contributed by atoms with Gasteiger partial charge in [-0.2, -0.15) is 0 Å². The van der Waals surface area contributed by atoms with E-state index in [0.29, 0.717) is 0 Å². The van der Waals surface area contributed by atoms with Crippen LogP contribution in [0.2, 0.25) is 0 Å². The van der Waals surface area contributed by atoms with Crippen molar-refractivity contribution in [2.24, 2.45) is 7.05 Å². The van der Waals surface area contributed by atoms with Crippen LogP contribution >= 0.6 is 0 Å². The van der Waals surface area contributed by atoms with E-state index in [0.717, 1.165) is 0 Å². The summed E-state index contributed by atoms with van der Waals surface area (Å²) >= 11 is 0. The molecule has 0 atom stereocenters. The molecule has 3 nitrogen and oxygen atoms in total. The average molecular weight is 109 g/mol. The lowest BCUT2D eigenvalue weighted by atomic mass is 10.7. The smallest absolute Gasteiger partial charge is 0.269 e. The van der Waals surface area contributed by atoms with Gasteiger partial charge in [-0.05, 0) is 0 Å². The molecule has 41 valence electrons. The SMILES string of the molecule is Cn1[c]cncc1=O.